The zero-order valence-electron chi connectivity index (χ0n) is 16.4. The fourth-order valence-electron chi connectivity index (χ4n) is 2.40. The number of nitrogens with one attached hydrogen (secondary N) is 3. The number of nitrogens with zero attached hydrogens (tertiary/aromatic N) is 1. The van der Waals surface area contributed by atoms with E-state index in [-0.39, 0.29) is 11.4 Å². The van der Waals surface area contributed by atoms with Crippen molar-refractivity contribution in [2.45, 2.75) is 11.8 Å². The molecule has 0 amide bonds. The van der Waals surface area contributed by atoms with Crippen molar-refractivity contribution in [1.29, 1.82) is 0 Å². The van der Waals surface area contributed by atoms with E-state index in [1.165, 1.54) is 0 Å². The summed E-state index contributed by atoms with van der Waals surface area (Å²) < 4.78 is 37.6. The highest BCUT2D eigenvalue weighted by Crippen LogP contribution is 2.29. The molecule has 3 N–H and O–H groups in total. The highest BCUT2D eigenvalue weighted by molar-refractivity contribution is 7.89. The molecular weight excluding hydrogens is 380 g/mol. The predicted molar refractivity (Wildman–Crippen MR) is 111 cm³/mol. The minimum atomic E-state index is -3.54. The van der Waals surface area contributed by atoms with E-state index in [9.17, 15) is 8.42 Å². The molecule has 0 spiro atoms. The van der Waals surface area contributed by atoms with E-state index in [2.05, 4.69) is 20.3 Å². The Morgan fingerprint density at radius 2 is 1.68 bits per heavy atom. The number of rotatable bonds is 8. The first-order valence-electron chi connectivity index (χ1n) is 8.65. The summed E-state index contributed by atoms with van der Waals surface area (Å²) in [7, 11) is 1.23. The zero-order valence-corrected chi connectivity index (χ0v) is 17.3. The van der Waals surface area contributed by atoms with Gasteiger partial charge in [0.2, 0.25) is 10.0 Å². The molecule has 0 heterocycles. The lowest BCUT2D eigenvalue weighted by atomic mass is 10.2. The molecule has 0 bridgehead atoms. The summed E-state index contributed by atoms with van der Waals surface area (Å²) in [5, 5.41) is 6.17. The number of guanidine groups is 1. The molecule has 0 aliphatic carbocycles. The van der Waals surface area contributed by atoms with Crippen molar-refractivity contribution in [2.75, 3.05) is 39.7 Å². The van der Waals surface area contributed by atoms with Gasteiger partial charge in [0.05, 0.1) is 19.1 Å². The van der Waals surface area contributed by atoms with E-state index in [1.807, 2.05) is 13.0 Å². The molecule has 0 fully saturated rings. The normalized spacial score (nSPS) is 11.8. The Morgan fingerprint density at radius 1 is 1.00 bits per heavy atom. The molecule has 0 unspecified atom stereocenters. The Kier molecular flexibility index (Phi) is 7.65. The van der Waals surface area contributed by atoms with Crippen LogP contribution in [0.1, 0.15) is 5.56 Å². The van der Waals surface area contributed by atoms with Crippen molar-refractivity contribution < 1.29 is 17.9 Å². The number of sulfonamides is 1. The average Bonchev–Trinajstić information content (AvgIpc) is 2.70. The highest BCUT2D eigenvalue weighted by atomic mass is 32.2. The fraction of sp³-hybridized carbons (Fsp3) is 0.316. The molecule has 0 atom stereocenters. The molecule has 2 aromatic carbocycles. The van der Waals surface area contributed by atoms with Crippen molar-refractivity contribution in [3.05, 3.63) is 48.0 Å². The predicted octanol–water partition coefficient (Wildman–Crippen LogP) is 1.98. The number of methoxy groups -OCH3 is 2. The Balaban J connectivity index is 1.88. The van der Waals surface area contributed by atoms with Crippen LogP contribution in [0.25, 0.3) is 0 Å². The third-order valence-electron chi connectivity index (χ3n) is 3.91. The average molecular weight is 407 g/mol. The molecule has 0 saturated carbocycles. The van der Waals surface area contributed by atoms with Crippen LogP contribution in [0.3, 0.4) is 0 Å². The maximum Gasteiger partial charge on any atom is 0.240 e. The van der Waals surface area contributed by atoms with Gasteiger partial charge < -0.3 is 20.1 Å². The third kappa shape index (κ3) is 5.86. The first-order valence-corrected chi connectivity index (χ1v) is 10.1. The number of hydrogen-bond acceptors (Lipinski definition) is 5. The number of aryl methyl sites for hydroxylation is 1. The van der Waals surface area contributed by atoms with E-state index in [0.717, 1.165) is 11.3 Å². The van der Waals surface area contributed by atoms with Gasteiger partial charge >= 0.3 is 0 Å². The molecule has 152 valence electrons. The van der Waals surface area contributed by atoms with E-state index < -0.39 is 10.0 Å². The van der Waals surface area contributed by atoms with E-state index in [4.69, 9.17) is 9.47 Å². The smallest absolute Gasteiger partial charge is 0.240 e. The summed E-state index contributed by atoms with van der Waals surface area (Å²) in [6.07, 6.45) is 0. The van der Waals surface area contributed by atoms with Crippen LogP contribution in [0.5, 0.6) is 11.5 Å². The van der Waals surface area contributed by atoms with Gasteiger partial charge in [0.1, 0.15) is 0 Å². The van der Waals surface area contributed by atoms with Gasteiger partial charge in [-0.2, -0.15) is 0 Å². The second-order valence-electron chi connectivity index (χ2n) is 5.90. The summed E-state index contributed by atoms with van der Waals surface area (Å²) in [6.45, 7) is 2.48. The van der Waals surface area contributed by atoms with Crippen LogP contribution >= 0.6 is 0 Å². The van der Waals surface area contributed by atoms with Crippen LogP contribution in [0.4, 0.5) is 5.69 Å². The second kappa shape index (κ2) is 9.95. The van der Waals surface area contributed by atoms with Gasteiger partial charge in [-0.05, 0) is 31.2 Å². The van der Waals surface area contributed by atoms with Gasteiger partial charge in [-0.3, -0.25) is 4.99 Å². The number of aliphatic imine (C=N–C) groups is 1. The molecule has 28 heavy (non-hydrogen) atoms. The monoisotopic (exact) mass is 406 g/mol. The van der Waals surface area contributed by atoms with Crippen molar-refractivity contribution >= 4 is 21.7 Å². The van der Waals surface area contributed by atoms with Gasteiger partial charge in [-0.25, -0.2) is 13.1 Å². The molecule has 0 saturated heterocycles. The molecule has 2 aromatic rings. The number of benzene rings is 2. The first-order chi connectivity index (χ1) is 13.4. The summed E-state index contributed by atoms with van der Waals surface area (Å²) in [6, 6.07) is 12.1. The van der Waals surface area contributed by atoms with Crippen LogP contribution in [-0.4, -0.2) is 48.7 Å². The lowest BCUT2D eigenvalue weighted by Gasteiger charge is -2.14. The van der Waals surface area contributed by atoms with Gasteiger partial charge in [-0.1, -0.05) is 17.7 Å². The van der Waals surface area contributed by atoms with Crippen LogP contribution in [-0.2, 0) is 10.0 Å². The maximum absolute atomic E-state index is 12.3. The van der Waals surface area contributed by atoms with Crippen LogP contribution in [0.15, 0.2) is 52.4 Å². The van der Waals surface area contributed by atoms with Crippen molar-refractivity contribution in [2.24, 2.45) is 4.99 Å². The Labute approximate surface area is 166 Å². The fourth-order valence-corrected chi connectivity index (χ4v) is 3.43. The standard InChI is InChI=1S/C19H26N4O4S/c1-14-5-8-16(9-6-14)28(24,25)22-12-11-21-19(20-2)23-15-7-10-17(26-3)18(13-15)27-4/h5-10,13,22H,11-12H2,1-4H3,(H2,20,21,23). The quantitative estimate of drug-likeness (QED) is 0.352. The van der Waals surface area contributed by atoms with E-state index >= 15 is 0 Å². The van der Waals surface area contributed by atoms with Gasteiger partial charge in [0.25, 0.3) is 0 Å². The van der Waals surface area contributed by atoms with Crippen LogP contribution < -0.4 is 24.8 Å². The molecular formula is C19H26N4O4S. The lowest BCUT2D eigenvalue weighted by Crippen LogP contribution is -2.37. The van der Waals surface area contributed by atoms with Gasteiger partial charge in [0.15, 0.2) is 17.5 Å². The topological polar surface area (TPSA) is 101 Å². The molecule has 0 aliphatic heterocycles. The molecule has 0 aromatic heterocycles. The van der Waals surface area contributed by atoms with Crippen LogP contribution in [0.2, 0.25) is 0 Å². The largest absolute Gasteiger partial charge is 0.493 e. The SMILES string of the molecule is CN=C(NCCNS(=O)(=O)c1ccc(C)cc1)Nc1ccc(OC)c(OC)c1. The summed E-state index contributed by atoms with van der Waals surface area (Å²) in [5.74, 6) is 1.72. The summed E-state index contributed by atoms with van der Waals surface area (Å²) in [5.41, 5.74) is 1.76. The third-order valence-corrected chi connectivity index (χ3v) is 5.39. The minimum absolute atomic E-state index is 0.211. The summed E-state index contributed by atoms with van der Waals surface area (Å²) in [4.78, 5) is 4.37. The zero-order chi connectivity index (χ0) is 20.6. The number of anilines is 1. The Bertz CT molecular complexity index is 912. The molecule has 0 aliphatic rings. The van der Waals surface area contributed by atoms with Crippen molar-refractivity contribution in [3.8, 4) is 11.5 Å². The minimum Gasteiger partial charge on any atom is -0.493 e. The highest BCUT2D eigenvalue weighted by Gasteiger charge is 2.12. The lowest BCUT2D eigenvalue weighted by molar-refractivity contribution is 0.355. The van der Waals surface area contributed by atoms with Gasteiger partial charge in [-0.15, -0.1) is 0 Å². The molecule has 0 radical (unpaired) electrons. The molecule has 8 nitrogen and oxygen atoms in total. The van der Waals surface area contributed by atoms with Gasteiger partial charge in [0, 0.05) is 31.9 Å². The Hall–Kier alpha value is -2.78. The van der Waals surface area contributed by atoms with E-state index in [1.54, 1.807) is 57.7 Å². The van der Waals surface area contributed by atoms with Crippen molar-refractivity contribution in [3.63, 3.8) is 0 Å². The first kappa shape index (κ1) is 21.5. The summed E-state index contributed by atoms with van der Waals surface area (Å²) >= 11 is 0. The molecule has 9 heteroatoms. The molecule has 2 rings (SSSR count). The maximum atomic E-state index is 12.3. The Morgan fingerprint density at radius 3 is 2.29 bits per heavy atom. The van der Waals surface area contributed by atoms with Crippen molar-refractivity contribution in [1.82, 2.24) is 10.0 Å². The van der Waals surface area contributed by atoms with Crippen LogP contribution in [0, 0.1) is 6.92 Å². The second-order valence-corrected chi connectivity index (χ2v) is 7.67. The van der Waals surface area contributed by atoms with E-state index in [0.29, 0.717) is 24.0 Å². The number of ether oxygens (including phenoxy) is 2. The number of hydrogen-bond donors (Lipinski definition) is 3.